The zero-order chi connectivity index (χ0) is 13.9. The van der Waals surface area contributed by atoms with Crippen molar-refractivity contribution in [3.63, 3.8) is 0 Å². The molecule has 1 heterocycles. The van der Waals surface area contributed by atoms with E-state index in [4.69, 9.17) is 10.5 Å². The molecule has 1 saturated heterocycles. The Morgan fingerprint density at radius 1 is 1.42 bits per heavy atom. The first kappa shape index (κ1) is 13.4. The maximum Gasteiger partial charge on any atom is 0.271 e. The van der Waals surface area contributed by atoms with Crippen molar-refractivity contribution >= 4 is 17.3 Å². The van der Waals surface area contributed by atoms with Gasteiger partial charge >= 0.3 is 0 Å². The van der Waals surface area contributed by atoms with Crippen LogP contribution in [0.5, 0.6) is 0 Å². The van der Waals surface area contributed by atoms with E-state index in [-0.39, 0.29) is 11.6 Å². The summed E-state index contributed by atoms with van der Waals surface area (Å²) in [5, 5.41) is 13.3. The molecular formula is C12H15N3O4. The molecule has 1 aliphatic heterocycles. The fourth-order valence-corrected chi connectivity index (χ4v) is 1.92. The van der Waals surface area contributed by atoms with Crippen molar-refractivity contribution in [1.29, 1.82) is 0 Å². The number of ether oxygens (including phenoxy) is 1. The van der Waals surface area contributed by atoms with Crippen molar-refractivity contribution in [3.8, 4) is 0 Å². The van der Waals surface area contributed by atoms with Crippen LogP contribution in [-0.4, -0.2) is 29.6 Å². The molecule has 7 heteroatoms. The molecule has 1 aliphatic rings. The van der Waals surface area contributed by atoms with Crippen molar-refractivity contribution in [2.45, 2.75) is 18.4 Å². The van der Waals surface area contributed by atoms with Crippen molar-refractivity contribution in [3.05, 3.63) is 34.4 Å². The molecular weight excluding hydrogens is 250 g/mol. The van der Waals surface area contributed by atoms with E-state index in [2.05, 4.69) is 5.32 Å². The average molecular weight is 265 g/mol. The number of nitrogens with zero attached hydrogens (tertiary/aromatic N) is 1. The summed E-state index contributed by atoms with van der Waals surface area (Å²) in [6, 6.07) is 5.78. The minimum absolute atomic E-state index is 0.0733. The van der Waals surface area contributed by atoms with Gasteiger partial charge in [-0.05, 0) is 18.9 Å². The number of anilines is 1. The van der Waals surface area contributed by atoms with Crippen LogP contribution in [0.15, 0.2) is 24.3 Å². The highest BCUT2D eigenvalue weighted by Gasteiger charge is 2.35. The molecule has 0 atom stereocenters. The number of nitrogens with two attached hydrogens (primary N) is 1. The summed E-state index contributed by atoms with van der Waals surface area (Å²) in [5.41, 5.74) is 5.35. The SMILES string of the molecule is NC1(C(=O)Nc2cccc([N+](=O)[O-])c2)CCOCC1. The third-order valence-electron chi connectivity index (χ3n) is 3.15. The molecule has 0 radical (unpaired) electrons. The second kappa shape index (κ2) is 5.33. The van der Waals surface area contributed by atoms with Crippen LogP contribution in [0.1, 0.15) is 12.8 Å². The minimum Gasteiger partial charge on any atom is -0.381 e. The smallest absolute Gasteiger partial charge is 0.271 e. The first-order valence-electron chi connectivity index (χ1n) is 5.94. The molecule has 0 unspecified atom stereocenters. The second-order valence-corrected chi connectivity index (χ2v) is 4.53. The molecule has 3 N–H and O–H groups in total. The van der Waals surface area contributed by atoms with E-state index >= 15 is 0 Å². The monoisotopic (exact) mass is 265 g/mol. The number of hydrogen-bond donors (Lipinski definition) is 2. The zero-order valence-electron chi connectivity index (χ0n) is 10.3. The van der Waals surface area contributed by atoms with Crippen LogP contribution >= 0.6 is 0 Å². The lowest BCUT2D eigenvalue weighted by Crippen LogP contribution is -2.54. The van der Waals surface area contributed by atoms with Crippen molar-refractivity contribution in [1.82, 2.24) is 0 Å². The van der Waals surface area contributed by atoms with Crippen LogP contribution in [0.2, 0.25) is 0 Å². The lowest BCUT2D eigenvalue weighted by atomic mass is 9.90. The Morgan fingerprint density at radius 3 is 2.74 bits per heavy atom. The quantitative estimate of drug-likeness (QED) is 0.627. The van der Waals surface area contributed by atoms with Gasteiger partial charge in [-0.25, -0.2) is 0 Å². The first-order valence-corrected chi connectivity index (χ1v) is 5.94. The van der Waals surface area contributed by atoms with Crippen molar-refractivity contribution in [2.24, 2.45) is 5.73 Å². The number of hydrogen-bond acceptors (Lipinski definition) is 5. The number of nitro groups is 1. The van der Waals surface area contributed by atoms with Crippen LogP contribution in [0.3, 0.4) is 0 Å². The topological polar surface area (TPSA) is 107 Å². The van der Waals surface area contributed by atoms with E-state index in [1.54, 1.807) is 6.07 Å². The number of rotatable bonds is 3. The fraction of sp³-hybridized carbons (Fsp3) is 0.417. The van der Waals surface area contributed by atoms with Crippen LogP contribution in [-0.2, 0) is 9.53 Å². The van der Waals surface area contributed by atoms with Crippen molar-refractivity contribution in [2.75, 3.05) is 18.5 Å². The van der Waals surface area contributed by atoms with Crippen LogP contribution in [0.25, 0.3) is 0 Å². The highest BCUT2D eigenvalue weighted by Crippen LogP contribution is 2.22. The zero-order valence-corrected chi connectivity index (χ0v) is 10.3. The molecule has 1 amide bonds. The minimum atomic E-state index is -0.969. The maximum absolute atomic E-state index is 12.1. The van der Waals surface area contributed by atoms with E-state index in [0.29, 0.717) is 31.7 Å². The number of carbonyl (C=O) groups excluding carboxylic acids is 1. The van der Waals surface area contributed by atoms with Gasteiger partial charge in [0.25, 0.3) is 5.69 Å². The van der Waals surface area contributed by atoms with E-state index < -0.39 is 10.5 Å². The van der Waals surface area contributed by atoms with Crippen LogP contribution in [0, 0.1) is 10.1 Å². The van der Waals surface area contributed by atoms with E-state index in [1.165, 1.54) is 18.2 Å². The molecule has 2 rings (SSSR count). The Bertz CT molecular complexity index is 498. The van der Waals surface area contributed by atoms with Gasteiger partial charge in [0.1, 0.15) is 5.54 Å². The Hall–Kier alpha value is -1.99. The normalized spacial score (nSPS) is 17.7. The molecule has 0 aliphatic carbocycles. The Kier molecular flexibility index (Phi) is 3.77. The highest BCUT2D eigenvalue weighted by atomic mass is 16.6. The summed E-state index contributed by atoms with van der Waals surface area (Å²) in [6.45, 7) is 0.887. The fourth-order valence-electron chi connectivity index (χ4n) is 1.92. The predicted octanol–water partition coefficient (Wildman–Crippen LogP) is 1.04. The standard InChI is InChI=1S/C12H15N3O4/c13-12(4-6-19-7-5-12)11(16)14-9-2-1-3-10(8-9)15(17)18/h1-3,8H,4-7,13H2,(H,14,16). The number of nitrogens with one attached hydrogen (secondary N) is 1. The number of carbonyl (C=O) groups is 1. The maximum atomic E-state index is 12.1. The Labute approximate surface area is 109 Å². The summed E-state index contributed by atoms with van der Waals surface area (Å²) >= 11 is 0. The van der Waals surface area contributed by atoms with Gasteiger partial charge in [0.05, 0.1) is 4.92 Å². The molecule has 0 bridgehead atoms. The third kappa shape index (κ3) is 3.07. The van der Waals surface area contributed by atoms with Crippen LogP contribution in [0.4, 0.5) is 11.4 Å². The lowest BCUT2D eigenvalue weighted by molar-refractivity contribution is -0.384. The largest absolute Gasteiger partial charge is 0.381 e. The average Bonchev–Trinajstić information content (AvgIpc) is 2.40. The molecule has 1 aromatic rings. The van der Waals surface area contributed by atoms with Crippen LogP contribution < -0.4 is 11.1 Å². The lowest BCUT2D eigenvalue weighted by Gasteiger charge is -2.31. The molecule has 7 nitrogen and oxygen atoms in total. The predicted molar refractivity (Wildman–Crippen MR) is 68.7 cm³/mol. The summed E-state index contributed by atoms with van der Waals surface area (Å²) in [6.07, 6.45) is 0.877. The van der Waals surface area contributed by atoms with Gasteiger partial charge in [-0.2, -0.15) is 0 Å². The van der Waals surface area contributed by atoms with Crippen molar-refractivity contribution < 1.29 is 14.5 Å². The number of amides is 1. The summed E-state index contributed by atoms with van der Waals surface area (Å²) in [7, 11) is 0. The van der Waals surface area contributed by atoms with E-state index in [9.17, 15) is 14.9 Å². The van der Waals surface area contributed by atoms with Gasteiger partial charge in [0, 0.05) is 31.0 Å². The molecule has 1 aromatic carbocycles. The first-order chi connectivity index (χ1) is 9.01. The van der Waals surface area contributed by atoms with Gasteiger partial charge in [0.15, 0.2) is 0 Å². The number of non-ortho nitro benzene ring substituents is 1. The molecule has 0 aromatic heterocycles. The number of nitro benzene ring substituents is 1. The molecule has 1 fully saturated rings. The summed E-state index contributed by atoms with van der Waals surface area (Å²) in [4.78, 5) is 22.3. The summed E-state index contributed by atoms with van der Waals surface area (Å²) < 4.78 is 5.17. The Balaban J connectivity index is 2.10. The molecule has 102 valence electrons. The van der Waals surface area contributed by atoms with Gasteiger partial charge in [-0.1, -0.05) is 6.07 Å². The number of benzene rings is 1. The molecule has 0 spiro atoms. The van der Waals surface area contributed by atoms with Gasteiger partial charge in [0.2, 0.25) is 5.91 Å². The third-order valence-corrected chi connectivity index (χ3v) is 3.15. The second-order valence-electron chi connectivity index (χ2n) is 4.53. The van der Waals surface area contributed by atoms with Gasteiger partial charge in [-0.3, -0.25) is 14.9 Å². The highest BCUT2D eigenvalue weighted by molar-refractivity contribution is 5.98. The van der Waals surface area contributed by atoms with E-state index in [0.717, 1.165) is 0 Å². The summed E-state index contributed by atoms with van der Waals surface area (Å²) in [5.74, 6) is -0.337. The molecule has 0 saturated carbocycles. The van der Waals surface area contributed by atoms with Gasteiger partial charge in [-0.15, -0.1) is 0 Å². The van der Waals surface area contributed by atoms with Gasteiger partial charge < -0.3 is 15.8 Å². The van der Waals surface area contributed by atoms with E-state index in [1.807, 2.05) is 0 Å². The molecule has 19 heavy (non-hydrogen) atoms. The Morgan fingerprint density at radius 2 is 2.11 bits per heavy atom.